The van der Waals surface area contributed by atoms with Gasteiger partial charge in [0.05, 0.1) is 24.8 Å². The molecule has 1 amide bonds. The number of hydrogen-bond donors (Lipinski definition) is 1. The van der Waals surface area contributed by atoms with E-state index >= 15 is 0 Å². The van der Waals surface area contributed by atoms with Crippen molar-refractivity contribution in [2.24, 2.45) is 0 Å². The maximum Gasteiger partial charge on any atom is 0.234 e. The number of benzene rings is 1. The zero-order valence-electron chi connectivity index (χ0n) is 19.0. The average molecular weight is 477 g/mol. The van der Waals surface area contributed by atoms with Gasteiger partial charge in [-0.15, -0.1) is 22.7 Å². The quantitative estimate of drug-likeness (QED) is 0.411. The van der Waals surface area contributed by atoms with Gasteiger partial charge in [-0.3, -0.25) is 14.4 Å². The second-order valence-electron chi connectivity index (χ2n) is 8.51. The van der Waals surface area contributed by atoms with E-state index in [9.17, 15) is 4.79 Å². The molecule has 3 aromatic heterocycles. The molecule has 4 aromatic rings. The minimum absolute atomic E-state index is 0.0600. The number of carbonyl (C=O) groups excluding carboxylic acids is 1. The first-order valence-corrected chi connectivity index (χ1v) is 13.0. The summed E-state index contributed by atoms with van der Waals surface area (Å²) in [6, 6.07) is 17.0. The second-order valence-corrected chi connectivity index (χ2v) is 10.5. The maximum absolute atomic E-state index is 13.0. The number of nitrogens with one attached hydrogen (secondary N) is 1. The highest BCUT2D eigenvalue weighted by Gasteiger charge is 2.31. The van der Waals surface area contributed by atoms with Crippen molar-refractivity contribution in [3.05, 3.63) is 97.1 Å². The Balaban J connectivity index is 1.26. The van der Waals surface area contributed by atoms with Crippen LogP contribution < -0.4 is 5.32 Å². The third kappa shape index (κ3) is 4.67. The fourth-order valence-electron chi connectivity index (χ4n) is 4.65. The summed E-state index contributed by atoms with van der Waals surface area (Å²) >= 11 is 3.59. The van der Waals surface area contributed by atoms with Gasteiger partial charge in [0.1, 0.15) is 0 Å². The normalized spacial score (nSPS) is 16.0. The van der Waals surface area contributed by atoms with Crippen LogP contribution >= 0.6 is 22.7 Å². The van der Waals surface area contributed by atoms with Crippen molar-refractivity contribution in [1.82, 2.24) is 20.0 Å². The topological polar surface area (TPSA) is 50.2 Å². The summed E-state index contributed by atoms with van der Waals surface area (Å²) in [7, 11) is 0. The van der Waals surface area contributed by atoms with Gasteiger partial charge in [0.25, 0.3) is 0 Å². The molecule has 0 spiro atoms. The van der Waals surface area contributed by atoms with Crippen LogP contribution in [0.3, 0.4) is 0 Å². The van der Waals surface area contributed by atoms with Crippen LogP contribution in [0.15, 0.2) is 59.3 Å². The summed E-state index contributed by atoms with van der Waals surface area (Å²) in [6.07, 6.45) is 1.01. The second kappa shape index (κ2) is 9.63. The molecule has 1 atom stereocenters. The minimum Gasteiger partial charge on any atom is -0.351 e. The number of aromatic nitrogens is 2. The first-order chi connectivity index (χ1) is 16.1. The third-order valence-corrected chi connectivity index (χ3v) is 8.32. The van der Waals surface area contributed by atoms with Crippen LogP contribution in [0.5, 0.6) is 0 Å². The summed E-state index contributed by atoms with van der Waals surface area (Å²) < 4.78 is 2.03. The van der Waals surface area contributed by atoms with Gasteiger partial charge in [0.15, 0.2) is 0 Å². The molecule has 5 nitrogen and oxygen atoms in total. The zero-order chi connectivity index (χ0) is 22.8. The van der Waals surface area contributed by atoms with E-state index in [4.69, 9.17) is 5.10 Å². The lowest BCUT2D eigenvalue weighted by molar-refractivity contribution is -0.122. The number of carbonyl (C=O) groups is 1. The van der Waals surface area contributed by atoms with Crippen LogP contribution in [0.25, 0.3) is 0 Å². The molecule has 0 fully saturated rings. The molecule has 1 N–H and O–H groups in total. The van der Waals surface area contributed by atoms with Gasteiger partial charge in [0, 0.05) is 34.1 Å². The molecule has 0 saturated carbocycles. The first kappa shape index (κ1) is 22.1. The molecule has 170 valence electrons. The number of amides is 1. The molecule has 1 aliphatic rings. The lowest BCUT2D eigenvalue weighted by Crippen LogP contribution is -2.42. The molecule has 7 heteroatoms. The lowest BCUT2D eigenvalue weighted by atomic mass is 9.98. The highest BCUT2D eigenvalue weighted by molar-refractivity contribution is 7.10. The van der Waals surface area contributed by atoms with E-state index in [1.807, 2.05) is 41.1 Å². The first-order valence-electron chi connectivity index (χ1n) is 11.3. The Hall–Kier alpha value is -2.74. The molecule has 4 heterocycles. The molecular formula is C26H28N4OS2. The summed E-state index contributed by atoms with van der Waals surface area (Å²) in [5.41, 5.74) is 5.76. The molecule has 1 aliphatic heterocycles. The van der Waals surface area contributed by atoms with Gasteiger partial charge < -0.3 is 5.32 Å². The summed E-state index contributed by atoms with van der Waals surface area (Å²) in [5, 5.41) is 12.2. The number of rotatable bonds is 7. The van der Waals surface area contributed by atoms with Gasteiger partial charge in [-0.1, -0.05) is 36.4 Å². The van der Waals surface area contributed by atoms with Crippen molar-refractivity contribution in [1.29, 1.82) is 0 Å². The fraction of sp³-hybridized carbons (Fsp3) is 0.308. The van der Waals surface area contributed by atoms with E-state index in [2.05, 4.69) is 58.2 Å². The molecular weight excluding hydrogens is 448 g/mol. The van der Waals surface area contributed by atoms with Crippen molar-refractivity contribution in [2.75, 3.05) is 13.1 Å². The van der Waals surface area contributed by atoms with Gasteiger partial charge in [-0.25, -0.2) is 0 Å². The Morgan fingerprint density at radius 3 is 2.73 bits per heavy atom. The Kier molecular flexibility index (Phi) is 6.44. The number of aryl methyl sites for hydroxylation is 1. The van der Waals surface area contributed by atoms with Crippen molar-refractivity contribution >= 4 is 28.6 Å². The average Bonchev–Trinajstić information content (AvgIpc) is 3.55. The number of thiophene rings is 2. The monoisotopic (exact) mass is 476 g/mol. The van der Waals surface area contributed by atoms with Crippen LogP contribution in [0, 0.1) is 13.8 Å². The lowest BCUT2D eigenvalue weighted by Gasteiger charge is -2.34. The van der Waals surface area contributed by atoms with Crippen LogP contribution in [-0.4, -0.2) is 33.7 Å². The highest BCUT2D eigenvalue weighted by Crippen LogP contribution is 2.39. The van der Waals surface area contributed by atoms with Crippen LogP contribution in [0.4, 0.5) is 0 Å². The van der Waals surface area contributed by atoms with E-state index in [1.165, 1.54) is 20.9 Å². The smallest absolute Gasteiger partial charge is 0.234 e. The Bertz CT molecular complexity index is 1230. The standard InChI is InChI=1S/C26H28N4OS2/c1-18-22(19(2)30(28-18)16-20-7-4-3-5-8-20)15-27-25(31)17-29-12-10-23-21(11-14-33-23)26(29)24-9-6-13-32-24/h3-9,11,13-14,26H,10,12,15-17H2,1-2H3,(H,27,31)/t26-/m0/s1. The van der Waals surface area contributed by atoms with Gasteiger partial charge in [-0.2, -0.15) is 5.10 Å². The Labute approximate surface area is 202 Å². The van der Waals surface area contributed by atoms with Crippen LogP contribution in [0.2, 0.25) is 0 Å². The summed E-state index contributed by atoms with van der Waals surface area (Å²) in [4.78, 5) is 18.1. The van der Waals surface area contributed by atoms with E-state index < -0.39 is 0 Å². The van der Waals surface area contributed by atoms with Gasteiger partial charge in [0.2, 0.25) is 5.91 Å². The van der Waals surface area contributed by atoms with Crippen LogP contribution in [-0.2, 0) is 24.3 Å². The van der Waals surface area contributed by atoms with Crippen molar-refractivity contribution in [3.8, 4) is 0 Å². The van der Waals surface area contributed by atoms with Gasteiger partial charge >= 0.3 is 0 Å². The predicted octanol–water partition coefficient (Wildman–Crippen LogP) is 4.94. The largest absolute Gasteiger partial charge is 0.351 e. The van der Waals surface area contributed by atoms with E-state index in [0.717, 1.165) is 36.5 Å². The minimum atomic E-state index is 0.0600. The number of nitrogens with zero attached hydrogens (tertiary/aromatic N) is 3. The highest BCUT2D eigenvalue weighted by atomic mass is 32.1. The van der Waals surface area contributed by atoms with Gasteiger partial charge in [-0.05, 0) is 54.3 Å². The third-order valence-electron chi connectivity index (χ3n) is 6.39. The molecule has 33 heavy (non-hydrogen) atoms. The van der Waals surface area contributed by atoms with Crippen molar-refractivity contribution in [2.45, 2.75) is 39.4 Å². The Morgan fingerprint density at radius 2 is 1.94 bits per heavy atom. The summed E-state index contributed by atoms with van der Waals surface area (Å²) in [6.45, 7) is 6.64. The molecule has 0 saturated heterocycles. The van der Waals surface area contributed by atoms with Crippen LogP contribution in [0.1, 0.15) is 43.9 Å². The molecule has 0 aliphatic carbocycles. The Morgan fingerprint density at radius 1 is 1.09 bits per heavy atom. The molecule has 0 radical (unpaired) electrons. The zero-order valence-corrected chi connectivity index (χ0v) is 20.6. The van der Waals surface area contributed by atoms with E-state index in [-0.39, 0.29) is 11.9 Å². The molecule has 1 aromatic carbocycles. The summed E-state index contributed by atoms with van der Waals surface area (Å²) in [5.74, 6) is 0.0600. The number of hydrogen-bond acceptors (Lipinski definition) is 5. The van der Waals surface area contributed by atoms with E-state index in [0.29, 0.717) is 13.1 Å². The van der Waals surface area contributed by atoms with Crippen molar-refractivity contribution in [3.63, 3.8) is 0 Å². The number of fused-ring (bicyclic) bond motifs is 1. The van der Waals surface area contributed by atoms with E-state index in [1.54, 1.807) is 11.3 Å². The van der Waals surface area contributed by atoms with Crippen molar-refractivity contribution < 1.29 is 4.79 Å². The predicted molar refractivity (Wildman–Crippen MR) is 135 cm³/mol. The SMILES string of the molecule is Cc1nn(Cc2ccccc2)c(C)c1CNC(=O)CN1CCc2sccc2[C@H]1c1cccs1. The molecule has 0 bridgehead atoms. The molecule has 0 unspecified atom stereocenters. The maximum atomic E-state index is 13.0. The molecule has 5 rings (SSSR count). The fourth-order valence-corrected chi connectivity index (χ4v) is 6.43.